The van der Waals surface area contributed by atoms with Crippen LogP contribution in [0, 0.1) is 11.8 Å². The molecule has 2 rings (SSSR count). The molecule has 1 heterocycles. The zero-order chi connectivity index (χ0) is 15.2. The average Bonchev–Trinajstić information content (AvgIpc) is 2.47. The number of rotatable bonds is 5. The number of piperazine rings is 1. The van der Waals surface area contributed by atoms with Crippen molar-refractivity contribution in [3.05, 3.63) is 0 Å². The number of hydrogen-bond acceptors (Lipinski definition) is 3. The Morgan fingerprint density at radius 3 is 2.90 bits per heavy atom. The van der Waals surface area contributed by atoms with Crippen LogP contribution in [0.4, 0.5) is 0 Å². The zero-order valence-electron chi connectivity index (χ0n) is 14.0. The van der Waals surface area contributed by atoms with E-state index < -0.39 is 0 Å². The highest BCUT2D eigenvalue weighted by Gasteiger charge is 2.35. The molecule has 3 atom stereocenters. The van der Waals surface area contributed by atoms with Crippen LogP contribution in [0.15, 0.2) is 0 Å². The van der Waals surface area contributed by atoms with Crippen LogP contribution in [0.25, 0.3) is 0 Å². The molecule has 0 aromatic carbocycles. The van der Waals surface area contributed by atoms with Crippen LogP contribution < -0.4 is 10.6 Å². The molecule has 0 spiro atoms. The maximum Gasteiger partial charge on any atom is 0.238 e. The summed E-state index contributed by atoms with van der Waals surface area (Å²) in [7, 11) is 0. The Hall–Kier alpha value is -0.610. The van der Waals surface area contributed by atoms with E-state index in [1.165, 1.54) is 32.1 Å². The summed E-state index contributed by atoms with van der Waals surface area (Å²) >= 11 is 0. The van der Waals surface area contributed by atoms with E-state index in [-0.39, 0.29) is 11.9 Å². The van der Waals surface area contributed by atoms with Gasteiger partial charge in [0.25, 0.3) is 0 Å². The van der Waals surface area contributed by atoms with Gasteiger partial charge in [-0.1, -0.05) is 26.7 Å². The molecule has 1 amide bonds. The Kier molecular flexibility index (Phi) is 6.49. The quantitative estimate of drug-likeness (QED) is 0.815. The maximum absolute atomic E-state index is 12.3. The molecule has 2 fully saturated rings. The van der Waals surface area contributed by atoms with Crippen LogP contribution in [0.3, 0.4) is 0 Å². The third kappa shape index (κ3) is 4.68. The van der Waals surface area contributed by atoms with Gasteiger partial charge >= 0.3 is 0 Å². The third-order valence-corrected chi connectivity index (χ3v) is 4.97. The molecule has 4 nitrogen and oxygen atoms in total. The minimum atomic E-state index is 0.0292. The number of likely N-dealkylation sites (N-methyl/N-ethyl adjacent to an activating group) is 1. The minimum absolute atomic E-state index is 0.0292. The van der Waals surface area contributed by atoms with Gasteiger partial charge in [-0.2, -0.15) is 0 Å². The van der Waals surface area contributed by atoms with Crippen LogP contribution in [-0.4, -0.2) is 49.1 Å². The Balaban J connectivity index is 1.97. The molecule has 0 radical (unpaired) electrons. The Bertz CT molecular complexity index is 332. The summed E-state index contributed by atoms with van der Waals surface area (Å²) in [6, 6.07) is 0.638. The predicted octanol–water partition coefficient (Wildman–Crippen LogP) is 2.00. The highest BCUT2D eigenvalue weighted by molar-refractivity contribution is 5.82. The Morgan fingerprint density at radius 2 is 2.19 bits per heavy atom. The Morgan fingerprint density at radius 1 is 1.38 bits per heavy atom. The lowest BCUT2D eigenvalue weighted by Crippen LogP contribution is -2.61. The number of nitrogens with zero attached hydrogens (tertiary/aromatic N) is 1. The van der Waals surface area contributed by atoms with Crippen molar-refractivity contribution < 1.29 is 4.79 Å². The van der Waals surface area contributed by atoms with Crippen LogP contribution in [-0.2, 0) is 4.79 Å². The van der Waals surface area contributed by atoms with Crippen molar-refractivity contribution in [1.29, 1.82) is 0 Å². The number of hydrogen-bond donors (Lipinski definition) is 2. The van der Waals surface area contributed by atoms with E-state index >= 15 is 0 Å². The molecular formula is C17H33N3O. The van der Waals surface area contributed by atoms with E-state index in [1.807, 2.05) is 6.92 Å². The monoisotopic (exact) mass is 295 g/mol. The average molecular weight is 295 g/mol. The van der Waals surface area contributed by atoms with E-state index in [0.29, 0.717) is 6.04 Å². The molecule has 2 aliphatic rings. The van der Waals surface area contributed by atoms with E-state index in [9.17, 15) is 4.79 Å². The molecule has 122 valence electrons. The third-order valence-electron chi connectivity index (χ3n) is 4.97. The number of amides is 1. The standard InChI is InChI=1S/C17H33N3O/c1-4-19-17(21)16-12-18-8-9-20(16)15-7-5-6-14(11-15)10-13(2)3/h13-16,18H,4-12H2,1-3H3,(H,19,21). The fourth-order valence-corrected chi connectivity index (χ4v) is 4.14. The second-order valence-corrected chi connectivity index (χ2v) is 7.17. The number of carbonyl (C=O) groups is 1. The summed E-state index contributed by atoms with van der Waals surface area (Å²) in [6.07, 6.45) is 6.60. The molecular weight excluding hydrogens is 262 g/mol. The van der Waals surface area contributed by atoms with Crippen molar-refractivity contribution >= 4 is 5.91 Å². The molecule has 1 aliphatic carbocycles. The van der Waals surface area contributed by atoms with Gasteiger partial charge in [-0.05, 0) is 38.0 Å². The second kappa shape index (κ2) is 8.14. The lowest BCUT2D eigenvalue weighted by Gasteiger charge is -2.44. The molecule has 0 aromatic heterocycles. The molecule has 21 heavy (non-hydrogen) atoms. The number of nitrogens with one attached hydrogen (secondary N) is 2. The van der Waals surface area contributed by atoms with E-state index in [1.54, 1.807) is 0 Å². The van der Waals surface area contributed by atoms with E-state index in [4.69, 9.17) is 0 Å². The van der Waals surface area contributed by atoms with Gasteiger partial charge in [0.1, 0.15) is 6.04 Å². The SMILES string of the molecule is CCNC(=O)C1CNCCN1C1CCCC(CC(C)C)C1. The fraction of sp³-hybridized carbons (Fsp3) is 0.941. The normalized spacial score (nSPS) is 31.3. The van der Waals surface area contributed by atoms with Gasteiger partial charge in [-0.25, -0.2) is 0 Å². The van der Waals surface area contributed by atoms with Crippen molar-refractivity contribution in [3.8, 4) is 0 Å². The first-order valence-electron chi connectivity index (χ1n) is 8.86. The van der Waals surface area contributed by atoms with Gasteiger partial charge in [-0.3, -0.25) is 9.69 Å². The first-order chi connectivity index (χ1) is 10.1. The summed E-state index contributed by atoms with van der Waals surface area (Å²) in [4.78, 5) is 14.8. The summed E-state index contributed by atoms with van der Waals surface area (Å²) < 4.78 is 0. The van der Waals surface area contributed by atoms with Crippen LogP contribution in [0.2, 0.25) is 0 Å². The first-order valence-corrected chi connectivity index (χ1v) is 8.86. The molecule has 2 N–H and O–H groups in total. The van der Waals surface area contributed by atoms with Crippen LogP contribution in [0.1, 0.15) is 52.9 Å². The highest BCUT2D eigenvalue weighted by atomic mass is 16.2. The van der Waals surface area contributed by atoms with Crippen LogP contribution in [0.5, 0.6) is 0 Å². The second-order valence-electron chi connectivity index (χ2n) is 7.17. The molecule has 1 aliphatic heterocycles. The van der Waals surface area contributed by atoms with Crippen LogP contribution >= 0.6 is 0 Å². The Labute approximate surface area is 130 Å². The summed E-state index contributed by atoms with van der Waals surface area (Å²) in [5.41, 5.74) is 0. The molecule has 0 aromatic rings. The first kappa shape index (κ1) is 16.8. The minimum Gasteiger partial charge on any atom is -0.355 e. The molecule has 1 saturated carbocycles. The van der Waals surface area contributed by atoms with E-state index in [2.05, 4.69) is 29.4 Å². The van der Waals surface area contributed by atoms with Crippen molar-refractivity contribution in [3.63, 3.8) is 0 Å². The van der Waals surface area contributed by atoms with Gasteiger partial charge in [0, 0.05) is 32.2 Å². The van der Waals surface area contributed by atoms with Crippen molar-refractivity contribution in [1.82, 2.24) is 15.5 Å². The lowest BCUT2D eigenvalue weighted by atomic mass is 9.80. The van der Waals surface area contributed by atoms with Gasteiger partial charge < -0.3 is 10.6 Å². The number of carbonyl (C=O) groups excluding carboxylic acids is 1. The summed E-state index contributed by atoms with van der Waals surface area (Å²) in [6.45, 7) is 10.2. The lowest BCUT2D eigenvalue weighted by molar-refractivity contribution is -0.128. The summed E-state index contributed by atoms with van der Waals surface area (Å²) in [5, 5.41) is 6.39. The molecule has 3 unspecified atom stereocenters. The maximum atomic E-state index is 12.3. The smallest absolute Gasteiger partial charge is 0.238 e. The van der Waals surface area contributed by atoms with Gasteiger partial charge in [0.05, 0.1) is 0 Å². The predicted molar refractivity (Wildman–Crippen MR) is 87.2 cm³/mol. The van der Waals surface area contributed by atoms with Crippen molar-refractivity contribution in [2.75, 3.05) is 26.2 Å². The topological polar surface area (TPSA) is 44.4 Å². The van der Waals surface area contributed by atoms with Gasteiger partial charge in [0.2, 0.25) is 5.91 Å². The largest absolute Gasteiger partial charge is 0.355 e. The zero-order valence-corrected chi connectivity index (χ0v) is 14.0. The van der Waals surface area contributed by atoms with E-state index in [0.717, 1.165) is 38.0 Å². The van der Waals surface area contributed by atoms with Crippen molar-refractivity contribution in [2.24, 2.45) is 11.8 Å². The molecule has 1 saturated heterocycles. The van der Waals surface area contributed by atoms with Gasteiger partial charge in [0.15, 0.2) is 0 Å². The molecule has 0 bridgehead atoms. The highest BCUT2D eigenvalue weighted by Crippen LogP contribution is 2.33. The molecule has 4 heteroatoms. The summed E-state index contributed by atoms with van der Waals surface area (Å²) in [5.74, 6) is 1.85. The van der Waals surface area contributed by atoms with Gasteiger partial charge in [-0.15, -0.1) is 0 Å². The van der Waals surface area contributed by atoms with Crippen molar-refractivity contribution in [2.45, 2.75) is 65.0 Å². The fourth-order valence-electron chi connectivity index (χ4n) is 4.14.